The first-order valence-electron chi connectivity index (χ1n) is 7.35. The molecular formula is C16H18N2O4. The Kier molecular flexibility index (Phi) is 4.27. The van der Waals surface area contributed by atoms with Crippen molar-refractivity contribution in [3.8, 4) is 0 Å². The third-order valence-corrected chi connectivity index (χ3v) is 3.50. The lowest BCUT2D eigenvalue weighted by Gasteiger charge is -2.15. The van der Waals surface area contributed by atoms with Crippen molar-refractivity contribution in [3.63, 3.8) is 0 Å². The SMILES string of the molecule is O=C(NCc1ccc(NC(=O)C2CC2)cc1)C1=COCCO1. The van der Waals surface area contributed by atoms with Crippen LogP contribution in [0.1, 0.15) is 18.4 Å². The molecule has 6 nitrogen and oxygen atoms in total. The summed E-state index contributed by atoms with van der Waals surface area (Å²) in [5, 5.41) is 5.63. The molecule has 0 bridgehead atoms. The number of hydrogen-bond donors (Lipinski definition) is 2. The molecule has 1 aromatic rings. The summed E-state index contributed by atoms with van der Waals surface area (Å²) in [6.45, 7) is 1.23. The summed E-state index contributed by atoms with van der Waals surface area (Å²) >= 11 is 0. The highest BCUT2D eigenvalue weighted by atomic mass is 16.6. The molecule has 1 aromatic carbocycles. The van der Waals surface area contributed by atoms with E-state index in [1.807, 2.05) is 24.3 Å². The van der Waals surface area contributed by atoms with Crippen molar-refractivity contribution in [1.82, 2.24) is 5.32 Å². The van der Waals surface area contributed by atoms with E-state index in [2.05, 4.69) is 10.6 Å². The van der Waals surface area contributed by atoms with Crippen molar-refractivity contribution in [1.29, 1.82) is 0 Å². The average molecular weight is 302 g/mol. The molecule has 2 amide bonds. The number of carbonyl (C=O) groups is 2. The molecule has 1 saturated carbocycles. The van der Waals surface area contributed by atoms with Crippen LogP contribution in [-0.2, 0) is 25.6 Å². The molecule has 0 atom stereocenters. The van der Waals surface area contributed by atoms with Gasteiger partial charge in [-0.15, -0.1) is 0 Å². The van der Waals surface area contributed by atoms with Crippen LogP contribution in [0.15, 0.2) is 36.3 Å². The van der Waals surface area contributed by atoms with Crippen LogP contribution in [0.5, 0.6) is 0 Å². The van der Waals surface area contributed by atoms with E-state index in [1.54, 1.807) is 0 Å². The van der Waals surface area contributed by atoms with Crippen molar-refractivity contribution in [3.05, 3.63) is 41.9 Å². The van der Waals surface area contributed by atoms with Gasteiger partial charge in [-0.25, -0.2) is 0 Å². The summed E-state index contributed by atoms with van der Waals surface area (Å²) in [6.07, 6.45) is 3.30. The zero-order valence-electron chi connectivity index (χ0n) is 12.1. The van der Waals surface area contributed by atoms with Crippen LogP contribution in [-0.4, -0.2) is 25.0 Å². The number of rotatable bonds is 5. The van der Waals surface area contributed by atoms with E-state index >= 15 is 0 Å². The third-order valence-electron chi connectivity index (χ3n) is 3.50. The number of benzene rings is 1. The number of anilines is 1. The summed E-state index contributed by atoms with van der Waals surface area (Å²) in [5.41, 5.74) is 1.72. The normalized spacial score (nSPS) is 16.8. The molecule has 0 unspecified atom stereocenters. The lowest BCUT2D eigenvalue weighted by molar-refractivity contribution is -0.122. The summed E-state index contributed by atoms with van der Waals surface area (Å²) in [5.74, 6) is 0.165. The van der Waals surface area contributed by atoms with Gasteiger partial charge in [0, 0.05) is 18.2 Å². The Hall–Kier alpha value is -2.50. The van der Waals surface area contributed by atoms with Gasteiger partial charge in [-0.1, -0.05) is 12.1 Å². The molecule has 0 radical (unpaired) electrons. The first kappa shape index (κ1) is 14.4. The zero-order chi connectivity index (χ0) is 15.4. The summed E-state index contributed by atoms with van der Waals surface area (Å²) in [6, 6.07) is 7.41. The Morgan fingerprint density at radius 1 is 1.14 bits per heavy atom. The summed E-state index contributed by atoms with van der Waals surface area (Å²) in [4.78, 5) is 23.5. The van der Waals surface area contributed by atoms with Gasteiger partial charge >= 0.3 is 0 Å². The average Bonchev–Trinajstić information content (AvgIpc) is 3.40. The van der Waals surface area contributed by atoms with E-state index in [-0.39, 0.29) is 23.5 Å². The van der Waals surface area contributed by atoms with Gasteiger partial charge in [0.1, 0.15) is 19.5 Å². The Bertz CT molecular complexity index is 591. The highest BCUT2D eigenvalue weighted by Crippen LogP contribution is 2.30. The molecule has 2 N–H and O–H groups in total. The van der Waals surface area contributed by atoms with E-state index in [4.69, 9.17) is 9.47 Å². The standard InChI is InChI=1S/C16H18N2O4/c19-15(12-3-4-12)18-13-5-1-11(2-6-13)9-17-16(20)14-10-21-7-8-22-14/h1-2,5-6,10,12H,3-4,7-9H2,(H,17,20)(H,18,19). The molecule has 2 aliphatic rings. The molecule has 1 fully saturated rings. The Morgan fingerprint density at radius 3 is 2.55 bits per heavy atom. The number of ether oxygens (including phenoxy) is 2. The molecule has 1 aliphatic carbocycles. The van der Waals surface area contributed by atoms with Crippen LogP contribution in [0.25, 0.3) is 0 Å². The number of nitrogens with one attached hydrogen (secondary N) is 2. The molecular weight excluding hydrogens is 284 g/mol. The van der Waals surface area contributed by atoms with Gasteiger partial charge in [0.25, 0.3) is 5.91 Å². The molecule has 0 aromatic heterocycles. The van der Waals surface area contributed by atoms with Crippen LogP contribution in [0, 0.1) is 5.92 Å². The van der Waals surface area contributed by atoms with Gasteiger partial charge in [-0.3, -0.25) is 9.59 Å². The fraction of sp³-hybridized carbons (Fsp3) is 0.375. The smallest absolute Gasteiger partial charge is 0.289 e. The van der Waals surface area contributed by atoms with Crippen LogP contribution in [0.4, 0.5) is 5.69 Å². The first-order valence-corrected chi connectivity index (χ1v) is 7.35. The Labute approximate surface area is 128 Å². The molecule has 116 valence electrons. The topological polar surface area (TPSA) is 76.7 Å². The van der Waals surface area contributed by atoms with Crippen molar-refractivity contribution in [2.75, 3.05) is 18.5 Å². The Balaban J connectivity index is 1.49. The molecule has 6 heteroatoms. The molecule has 22 heavy (non-hydrogen) atoms. The maximum Gasteiger partial charge on any atom is 0.289 e. The fourth-order valence-corrected chi connectivity index (χ4v) is 2.05. The van der Waals surface area contributed by atoms with E-state index in [0.717, 1.165) is 24.1 Å². The van der Waals surface area contributed by atoms with Crippen LogP contribution in [0.2, 0.25) is 0 Å². The van der Waals surface area contributed by atoms with E-state index in [1.165, 1.54) is 6.26 Å². The monoisotopic (exact) mass is 302 g/mol. The zero-order valence-corrected chi connectivity index (χ0v) is 12.1. The lowest BCUT2D eigenvalue weighted by atomic mass is 10.2. The van der Waals surface area contributed by atoms with E-state index in [0.29, 0.717) is 19.8 Å². The van der Waals surface area contributed by atoms with Gasteiger partial charge in [0.15, 0.2) is 0 Å². The summed E-state index contributed by atoms with van der Waals surface area (Å²) < 4.78 is 10.2. The molecule has 1 heterocycles. The highest BCUT2D eigenvalue weighted by Gasteiger charge is 2.29. The van der Waals surface area contributed by atoms with Crippen molar-refractivity contribution < 1.29 is 19.1 Å². The molecule has 3 rings (SSSR count). The van der Waals surface area contributed by atoms with Crippen LogP contribution >= 0.6 is 0 Å². The van der Waals surface area contributed by atoms with Gasteiger partial charge in [0.2, 0.25) is 11.7 Å². The quantitative estimate of drug-likeness (QED) is 0.865. The predicted molar refractivity (Wildman–Crippen MR) is 79.6 cm³/mol. The molecule has 0 saturated heterocycles. The van der Waals surface area contributed by atoms with Crippen molar-refractivity contribution in [2.45, 2.75) is 19.4 Å². The minimum absolute atomic E-state index is 0.0856. The summed E-state index contributed by atoms with van der Waals surface area (Å²) in [7, 11) is 0. The Morgan fingerprint density at radius 2 is 1.91 bits per heavy atom. The minimum atomic E-state index is -0.300. The second-order valence-corrected chi connectivity index (χ2v) is 5.34. The number of carbonyl (C=O) groups excluding carboxylic acids is 2. The van der Waals surface area contributed by atoms with Crippen LogP contribution < -0.4 is 10.6 Å². The van der Waals surface area contributed by atoms with Gasteiger partial charge in [-0.05, 0) is 30.5 Å². The predicted octanol–water partition coefficient (Wildman–Crippen LogP) is 1.54. The van der Waals surface area contributed by atoms with Gasteiger partial charge in [0.05, 0.1) is 0 Å². The third kappa shape index (κ3) is 3.78. The van der Waals surface area contributed by atoms with E-state index in [9.17, 15) is 9.59 Å². The second kappa shape index (κ2) is 6.51. The maximum atomic E-state index is 11.8. The van der Waals surface area contributed by atoms with Gasteiger partial charge in [-0.2, -0.15) is 0 Å². The van der Waals surface area contributed by atoms with Crippen LogP contribution in [0.3, 0.4) is 0 Å². The van der Waals surface area contributed by atoms with Crippen molar-refractivity contribution >= 4 is 17.5 Å². The maximum absolute atomic E-state index is 11.8. The van der Waals surface area contributed by atoms with E-state index < -0.39 is 0 Å². The second-order valence-electron chi connectivity index (χ2n) is 5.34. The fourth-order valence-electron chi connectivity index (χ4n) is 2.05. The lowest BCUT2D eigenvalue weighted by Crippen LogP contribution is -2.28. The molecule has 0 spiro atoms. The highest BCUT2D eigenvalue weighted by molar-refractivity contribution is 5.94. The largest absolute Gasteiger partial charge is 0.494 e. The number of amides is 2. The van der Waals surface area contributed by atoms with Gasteiger partial charge < -0.3 is 20.1 Å². The first-order chi connectivity index (χ1) is 10.7. The minimum Gasteiger partial charge on any atom is -0.494 e. The molecule has 1 aliphatic heterocycles. The number of hydrogen-bond acceptors (Lipinski definition) is 4. The van der Waals surface area contributed by atoms with Crippen molar-refractivity contribution in [2.24, 2.45) is 5.92 Å².